The van der Waals surface area contributed by atoms with Crippen LogP contribution >= 0.6 is 0 Å². The van der Waals surface area contributed by atoms with Gasteiger partial charge in [0.15, 0.2) is 0 Å². The molecule has 0 unspecified atom stereocenters. The molecule has 0 radical (unpaired) electrons. The molecule has 16 heavy (non-hydrogen) atoms. The standard InChI is InChI=1S/C11H11N5/c12-4-10-14-6-9(16-10)8-5-15-11-7(8)2-1-3-13-11/h1-3,5-6H,4,12H2,(H,13,15)(H,14,16). The van der Waals surface area contributed by atoms with Crippen LogP contribution in [0.2, 0.25) is 0 Å². The number of hydrogen-bond acceptors (Lipinski definition) is 3. The lowest BCUT2D eigenvalue weighted by Gasteiger charge is -1.92. The average molecular weight is 213 g/mol. The van der Waals surface area contributed by atoms with Gasteiger partial charge in [-0.15, -0.1) is 0 Å². The van der Waals surface area contributed by atoms with Crippen LogP contribution in [0.25, 0.3) is 22.3 Å². The maximum Gasteiger partial charge on any atom is 0.137 e. The Morgan fingerprint density at radius 3 is 3.00 bits per heavy atom. The molecule has 3 aromatic rings. The second kappa shape index (κ2) is 3.46. The van der Waals surface area contributed by atoms with Crippen LogP contribution in [0.5, 0.6) is 0 Å². The lowest BCUT2D eigenvalue weighted by atomic mass is 10.2. The molecule has 0 amide bonds. The van der Waals surface area contributed by atoms with Crippen molar-refractivity contribution in [3.05, 3.63) is 36.5 Å². The number of nitrogens with one attached hydrogen (secondary N) is 2. The van der Waals surface area contributed by atoms with E-state index in [1.165, 1.54) is 0 Å². The zero-order valence-corrected chi connectivity index (χ0v) is 8.57. The van der Waals surface area contributed by atoms with E-state index >= 15 is 0 Å². The summed E-state index contributed by atoms with van der Waals surface area (Å²) in [5, 5.41) is 1.07. The number of imidazole rings is 1. The summed E-state index contributed by atoms with van der Waals surface area (Å²) in [6.07, 6.45) is 5.53. The molecule has 0 aliphatic rings. The van der Waals surface area contributed by atoms with Gasteiger partial charge in [0.05, 0.1) is 12.2 Å². The van der Waals surface area contributed by atoms with Gasteiger partial charge in [-0.1, -0.05) is 0 Å². The fourth-order valence-corrected chi connectivity index (χ4v) is 1.77. The van der Waals surface area contributed by atoms with Gasteiger partial charge in [-0.2, -0.15) is 0 Å². The van der Waals surface area contributed by atoms with Gasteiger partial charge in [-0.3, -0.25) is 0 Å². The van der Waals surface area contributed by atoms with Gasteiger partial charge in [0.2, 0.25) is 0 Å². The Hall–Kier alpha value is -2.14. The molecule has 5 heteroatoms. The fraction of sp³-hybridized carbons (Fsp3) is 0.0909. The summed E-state index contributed by atoms with van der Waals surface area (Å²) in [6, 6.07) is 3.93. The minimum absolute atomic E-state index is 0.417. The topological polar surface area (TPSA) is 83.4 Å². The minimum atomic E-state index is 0.417. The molecule has 80 valence electrons. The first-order chi connectivity index (χ1) is 7.88. The van der Waals surface area contributed by atoms with Crippen molar-refractivity contribution in [2.45, 2.75) is 6.54 Å². The molecule has 0 bridgehead atoms. The molecule has 0 aliphatic heterocycles. The summed E-state index contributed by atoms with van der Waals surface area (Å²) in [5.41, 5.74) is 8.31. The van der Waals surface area contributed by atoms with E-state index in [0.29, 0.717) is 6.54 Å². The van der Waals surface area contributed by atoms with E-state index in [0.717, 1.165) is 28.1 Å². The third-order valence-electron chi connectivity index (χ3n) is 2.55. The predicted octanol–water partition coefficient (Wildman–Crippen LogP) is 1.41. The number of aromatic nitrogens is 4. The number of fused-ring (bicyclic) bond motifs is 1. The highest BCUT2D eigenvalue weighted by Crippen LogP contribution is 2.25. The molecule has 0 atom stereocenters. The first-order valence-electron chi connectivity index (χ1n) is 5.05. The highest BCUT2D eigenvalue weighted by Gasteiger charge is 2.08. The highest BCUT2D eigenvalue weighted by molar-refractivity contribution is 5.92. The van der Waals surface area contributed by atoms with Crippen LogP contribution < -0.4 is 5.73 Å². The summed E-state index contributed by atoms with van der Waals surface area (Å²) in [6.45, 7) is 0.417. The van der Waals surface area contributed by atoms with Crippen molar-refractivity contribution in [2.75, 3.05) is 0 Å². The first kappa shape index (κ1) is 9.11. The molecule has 0 saturated heterocycles. The Labute approximate surface area is 91.7 Å². The quantitative estimate of drug-likeness (QED) is 0.601. The lowest BCUT2D eigenvalue weighted by molar-refractivity contribution is 0.951. The van der Waals surface area contributed by atoms with Crippen molar-refractivity contribution in [2.24, 2.45) is 5.73 Å². The van der Waals surface area contributed by atoms with Crippen molar-refractivity contribution >= 4 is 11.0 Å². The fourth-order valence-electron chi connectivity index (χ4n) is 1.77. The molecule has 0 fully saturated rings. The summed E-state index contributed by atoms with van der Waals surface area (Å²) < 4.78 is 0. The van der Waals surface area contributed by atoms with Crippen LogP contribution in [0, 0.1) is 0 Å². The third-order valence-corrected chi connectivity index (χ3v) is 2.55. The van der Waals surface area contributed by atoms with Crippen LogP contribution in [0.3, 0.4) is 0 Å². The maximum absolute atomic E-state index is 5.52. The minimum Gasteiger partial charge on any atom is -0.347 e. The summed E-state index contributed by atoms with van der Waals surface area (Å²) in [7, 11) is 0. The lowest BCUT2D eigenvalue weighted by Crippen LogP contribution is -1.97. The second-order valence-corrected chi connectivity index (χ2v) is 3.54. The van der Waals surface area contributed by atoms with Gasteiger partial charge in [0.25, 0.3) is 0 Å². The van der Waals surface area contributed by atoms with Crippen LogP contribution in [0.4, 0.5) is 0 Å². The van der Waals surface area contributed by atoms with Crippen molar-refractivity contribution in [1.29, 1.82) is 0 Å². The average Bonchev–Trinajstić information content (AvgIpc) is 2.94. The number of rotatable bonds is 2. The smallest absolute Gasteiger partial charge is 0.137 e. The van der Waals surface area contributed by atoms with E-state index in [4.69, 9.17) is 5.73 Å². The molecule has 3 rings (SSSR count). The van der Waals surface area contributed by atoms with Crippen LogP contribution in [0.1, 0.15) is 5.82 Å². The van der Waals surface area contributed by atoms with E-state index in [-0.39, 0.29) is 0 Å². The Balaban J connectivity index is 2.18. The van der Waals surface area contributed by atoms with Crippen molar-refractivity contribution in [1.82, 2.24) is 19.9 Å². The monoisotopic (exact) mass is 213 g/mol. The number of pyridine rings is 1. The normalized spacial score (nSPS) is 11.1. The van der Waals surface area contributed by atoms with Gasteiger partial charge >= 0.3 is 0 Å². The van der Waals surface area contributed by atoms with E-state index < -0.39 is 0 Å². The molecule has 3 aromatic heterocycles. The Morgan fingerprint density at radius 2 is 2.19 bits per heavy atom. The summed E-state index contributed by atoms with van der Waals surface area (Å²) >= 11 is 0. The first-order valence-corrected chi connectivity index (χ1v) is 5.05. The molecule has 4 N–H and O–H groups in total. The Kier molecular flexibility index (Phi) is 1.97. The molecule has 0 spiro atoms. The highest BCUT2D eigenvalue weighted by atomic mass is 14.9. The summed E-state index contributed by atoms with van der Waals surface area (Å²) in [5.74, 6) is 0.785. The SMILES string of the molecule is NCc1nc(-c2c[nH]c3ncccc23)c[nH]1. The zero-order chi connectivity index (χ0) is 11.0. The third kappa shape index (κ3) is 1.30. The molecule has 5 nitrogen and oxygen atoms in total. The van der Waals surface area contributed by atoms with Gasteiger partial charge in [0.1, 0.15) is 11.5 Å². The second-order valence-electron chi connectivity index (χ2n) is 3.54. The van der Waals surface area contributed by atoms with Crippen LogP contribution in [-0.4, -0.2) is 19.9 Å². The molecular weight excluding hydrogens is 202 g/mol. The predicted molar refractivity (Wildman–Crippen MR) is 61.6 cm³/mol. The van der Waals surface area contributed by atoms with E-state index in [1.807, 2.05) is 24.5 Å². The van der Waals surface area contributed by atoms with Gasteiger partial charge in [-0.05, 0) is 12.1 Å². The molecule has 3 heterocycles. The summed E-state index contributed by atoms with van der Waals surface area (Å²) in [4.78, 5) is 14.8. The van der Waals surface area contributed by atoms with Crippen LogP contribution in [-0.2, 0) is 6.54 Å². The number of nitrogens with two attached hydrogens (primary N) is 1. The van der Waals surface area contributed by atoms with E-state index in [9.17, 15) is 0 Å². The van der Waals surface area contributed by atoms with Gasteiger partial charge < -0.3 is 15.7 Å². The Bertz CT molecular complexity index is 622. The molecular formula is C11H11N5. The van der Waals surface area contributed by atoms with Crippen molar-refractivity contribution in [3.8, 4) is 11.3 Å². The zero-order valence-electron chi connectivity index (χ0n) is 8.57. The number of hydrogen-bond donors (Lipinski definition) is 3. The Morgan fingerprint density at radius 1 is 1.25 bits per heavy atom. The number of H-pyrrole nitrogens is 2. The molecule has 0 aromatic carbocycles. The largest absolute Gasteiger partial charge is 0.347 e. The number of aromatic amines is 2. The van der Waals surface area contributed by atoms with Crippen molar-refractivity contribution < 1.29 is 0 Å². The molecule has 0 aliphatic carbocycles. The number of nitrogens with zero attached hydrogens (tertiary/aromatic N) is 2. The van der Waals surface area contributed by atoms with Crippen molar-refractivity contribution in [3.63, 3.8) is 0 Å². The van der Waals surface area contributed by atoms with E-state index in [2.05, 4.69) is 19.9 Å². The van der Waals surface area contributed by atoms with E-state index in [1.54, 1.807) is 6.20 Å². The van der Waals surface area contributed by atoms with Crippen LogP contribution in [0.15, 0.2) is 30.7 Å². The van der Waals surface area contributed by atoms with Gasteiger partial charge in [-0.25, -0.2) is 9.97 Å². The van der Waals surface area contributed by atoms with Gasteiger partial charge in [0, 0.05) is 29.5 Å². The maximum atomic E-state index is 5.52. The molecule has 0 saturated carbocycles.